The maximum absolute atomic E-state index is 12.1. The molecular weight excluding hydrogens is 227 g/mol. The quantitative estimate of drug-likeness (QED) is 0.547. The van der Waals surface area contributed by atoms with E-state index in [0.29, 0.717) is 6.08 Å². The molecule has 16 heavy (non-hydrogen) atoms. The summed E-state index contributed by atoms with van der Waals surface area (Å²) in [7, 11) is 2.33. The molecule has 1 amide bonds. The van der Waals surface area contributed by atoms with Crippen LogP contribution in [-0.2, 0) is 14.3 Å². The molecule has 7 heteroatoms. The molecule has 0 fully saturated rings. The van der Waals surface area contributed by atoms with Crippen LogP contribution >= 0.6 is 0 Å². The number of alkyl halides is 3. The number of allylic oxidation sites excluding steroid dienone is 1. The molecule has 0 N–H and O–H groups in total. The highest BCUT2D eigenvalue weighted by molar-refractivity contribution is 5.90. The second-order valence-corrected chi connectivity index (χ2v) is 3.10. The molecule has 0 bridgehead atoms. The number of hydrogen-bond acceptors (Lipinski definition) is 3. The van der Waals surface area contributed by atoms with Crippen molar-refractivity contribution < 1.29 is 27.5 Å². The van der Waals surface area contributed by atoms with Crippen LogP contribution in [0.15, 0.2) is 11.6 Å². The Morgan fingerprint density at radius 2 is 1.88 bits per heavy atom. The summed E-state index contributed by atoms with van der Waals surface area (Å²) in [6, 6.07) is 0. The Morgan fingerprint density at radius 1 is 1.38 bits per heavy atom. The molecule has 92 valence electrons. The summed E-state index contributed by atoms with van der Waals surface area (Å²) in [4.78, 5) is 22.8. The standard InChI is InChI=1S/C9H12F3NO3/c1-6(9(10,11)12)4-7(14)13(2)5-8(15)16-3/h4H,5H2,1-3H3/b6-4+. The van der Waals surface area contributed by atoms with Crippen molar-refractivity contribution in [3.63, 3.8) is 0 Å². The first-order valence-electron chi connectivity index (χ1n) is 4.26. The van der Waals surface area contributed by atoms with Gasteiger partial charge in [0.05, 0.1) is 7.11 Å². The maximum Gasteiger partial charge on any atom is 0.412 e. The van der Waals surface area contributed by atoms with E-state index < -0.39 is 30.2 Å². The molecule has 0 unspecified atom stereocenters. The normalized spacial score (nSPS) is 12.2. The smallest absolute Gasteiger partial charge is 0.412 e. The second-order valence-electron chi connectivity index (χ2n) is 3.10. The number of ether oxygens (including phenoxy) is 1. The fourth-order valence-corrected chi connectivity index (χ4v) is 0.713. The number of likely N-dealkylation sites (N-methyl/N-ethyl adjacent to an activating group) is 1. The fourth-order valence-electron chi connectivity index (χ4n) is 0.713. The first-order chi connectivity index (χ1) is 7.18. The number of halogens is 3. The number of methoxy groups -OCH3 is 1. The number of carbonyl (C=O) groups is 2. The molecule has 0 aliphatic rings. The SMILES string of the molecule is COC(=O)CN(C)C(=O)/C=C(\C)C(F)(F)F. The van der Waals surface area contributed by atoms with Crippen LogP contribution < -0.4 is 0 Å². The van der Waals surface area contributed by atoms with E-state index >= 15 is 0 Å². The van der Waals surface area contributed by atoms with Crippen LogP contribution in [-0.4, -0.2) is 43.7 Å². The summed E-state index contributed by atoms with van der Waals surface area (Å²) < 4.78 is 40.5. The minimum atomic E-state index is -4.54. The van der Waals surface area contributed by atoms with E-state index in [9.17, 15) is 22.8 Å². The van der Waals surface area contributed by atoms with Crippen LogP contribution in [0.3, 0.4) is 0 Å². The minimum absolute atomic E-state index is 0.392. The van der Waals surface area contributed by atoms with Crippen molar-refractivity contribution in [2.75, 3.05) is 20.7 Å². The van der Waals surface area contributed by atoms with E-state index in [1.165, 1.54) is 7.05 Å². The zero-order valence-electron chi connectivity index (χ0n) is 9.09. The molecule has 0 aromatic rings. The van der Waals surface area contributed by atoms with Crippen LogP contribution in [0, 0.1) is 0 Å². The highest BCUT2D eigenvalue weighted by Gasteiger charge is 2.31. The third-order valence-corrected chi connectivity index (χ3v) is 1.76. The van der Waals surface area contributed by atoms with Gasteiger partial charge >= 0.3 is 12.1 Å². The second kappa shape index (κ2) is 5.53. The predicted molar refractivity (Wildman–Crippen MR) is 49.5 cm³/mol. The number of hydrogen-bond donors (Lipinski definition) is 0. The first kappa shape index (κ1) is 14.5. The lowest BCUT2D eigenvalue weighted by atomic mass is 10.2. The van der Waals surface area contributed by atoms with Crippen molar-refractivity contribution in [2.45, 2.75) is 13.1 Å². The summed E-state index contributed by atoms with van der Waals surface area (Å²) in [5, 5.41) is 0. The van der Waals surface area contributed by atoms with Crippen molar-refractivity contribution >= 4 is 11.9 Å². The van der Waals surface area contributed by atoms with Gasteiger partial charge in [-0.05, 0) is 6.92 Å². The highest BCUT2D eigenvalue weighted by atomic mass is 19.4. The van der Waals surface area contributed by atoms with Crippen LogP contribution in [0.25, 0.3) is 0 Å². The lowest BCUT2D eigenvalue weighted by Gasteiger charge is -2.14. The van der Waals surface area contributed by atoms with Gasteiger partial charge < -0.3 is 9.64 Å². The minimum Gasteiger partial charge on any atom is -0.468 e. The van der Waals surface area contributed by atoms with Gasteiger partial charge in [-0.2, -0.15) is 13.2 Å². The van der Waals surface area contributed by atoms with Crippen molar-refractivity contribution in [3.8, 4) is 0 Å². The van der Waals surface area contributed by atoms with Gasteiger partial charge in [-0.15, -0.1) is 0 Å². The van der Waals surface area contributed by atoms with Gasteiger partial charge in [-0.25, -0.2) is 0 Å². The van der Waals surface area contributed by atoms with Crippen molar-refractivity contribution in [1.82, 2.24) is 4.90 Å². The molecule has 0 spiro atoms. The van der Waals surface area contributed by atoms with Gasteiger partial charge in [0.25, 0.3) is 0 Å². The molecule has 0 heterocycles. The topological polar surface area (TPSA) is 46.6 Å². The third-order valence-electron chi connectivity index (χ3n) is 1.76. The average Bonchev–Trinajstić information content (AvgIpc) is 2.15. The molecule has 0 rings (SSSR count). The van der Waals surface area contributed by atoms with Crippen molar-refractivity contribution in [2.24, 2.45) is 0 Å². The summed E-state index contributed by atoms with van der Waals surface area (Å²) in [5.74, 6) is -1.60. The molecule has 0 saturated carbocycles. The van der Waals surface area contributed by atoms with E-state index in [1.54, 1.807) is 0 Å². The van der Waals surface area contributed by atoms with E-state index in [2.05, 4.69) is 4.74 Å². The van der Waals surface area contributed by atoms with E-state index in [-0.39, 0.29) is 0 Å². The van der Waals surface area contributed by atoms with Gasteiger partial charge in [0, 0.05) is 18.7 Å². The Labute approximate surface area is 90.7 Å². The number of esters is 1. The highest BCUT2D eigenvalue weighted by Crippen LogP contribution is 2.24. The van der Waals surface area contributed by atoms with Gasteiger partial charge in [-0.1, -0.05) is 0 Å². The van der Waals surface area contributed by atoms with Crippen molar-refractivity contribution in [1.29, 1.82) is 0 Å². The largest absolute Gasteiger partial charge is 0.468 e. The average molecular weight is 239 g/mol. The van der Waals surface area contributed by atoms with E-state index in [4.69, 9.17) is 0 Å². The van der Waals surface area contributed by atoms with Crippen LogP contribution in [0.4, 0.5) is 13.2 Å². The number of amides is 1. The zero-order chi connectivity index (χ0) is 12.9. The lowest BCUT2D eigenvalue weighted by Crippen LogP contribution is -2.32. The van der Waals surface area contributed by atoms with Crippen LogP contribution in [0.5, 0.6) is 0 Å². The molecule has 0 aliphatic carbocycles. The fraction of sp³-hybridized carbons (Fsp3) is 0.556. The molecule has 0 radical (unpaired) electrons. The summed E-state index contributed by atoms with van der Waals surface area (Å²) in [6.45, 7) is 0.390. The Hall–Kier alpha value is -1.53. The Morgan fingerprint density at radius 3 is 2.25 bits per heavy atom. The number of rotatable bonds is 3. The Balaban J connectivity index is 4.53. The Kier molecular flexibility index (Phi) is 5.00. The monoisotopic (exact) mass is 239 g/mol. The number of nitrogens with zero attached hydrogens (tertiary/aromatic N) is 1. The van der Waals surface area contributed by atoms with Crippen molar-refractivity contribution in [3.05, 3.63) is 11.6 Å². The Bertz CT molecular complexity index is 310. The molecular formula is C9H12F3NO3. The molecule has 4 nitrogen and oxygen atoms in total. The summed E-state index contributed by atoms with van der Waals surface area (Å²) in [5.41, 5.74) is -1.02. The lowest BCUT2D eigenvalue weighted by molar-refractivity contribution is -0.144. The van der Waals surface area contributed by atoms with E-state index in [1.807, 2.05) is 0 Å². The van der Waals surface area contributed by atoms with E-state index in [0.717, 1.165) is 18.9 Å². The summed E-state index contributed by atoms with van der Waals surface area (Å²) >= 11 is 0. The molecule has 0 saturated heterocycles. The maximum atomic E-state index is 12.1. The summed E-state index contributed by atoms with van der Waals surface area (Å²) in [6.07, 6.45) is -4.11. The molecule has 0 aromatic heterocycles. The zero-order valence-corrected chi connectivity index (χ0v) is 9.09. The molecule has 0 aromatic carbocycles. The van der Waals surface area contributed by atoms with Gasteiger partial charge in [0.15, 0.2) is 0 Å². The molecule has 0 atom stereocenters. The van der Waals surface area contributed by atoms with Gasteiger partial charge in [0.1, 0.15) is 6.54 Å². The van der Waals surface area contributed by atoms with Gasteiger partial charge in [0.2, 0.25) is 5.91 Å². The van der Waals surface area contributed by atoms with Crippen LogP contribution in [0.2, 0.25) is 0 Å². The number of carbonyl (C=O) groups excluding carboxylic acids is 2. The van der Waals surface area contributed by atoms with Gasteiger partial charge in [-0.3, -0.25) is 9.59 Å². The first-order valence-corrected chi connectivity index (χ1v) is 4.26. The van der Waals surface area contributed by atoms with Crippen LogP contribution in [0.1, 0.15) is 6.92 Å². The third kappa shape index (κ3) is 4.81. The predicted octanol–water partition coefficient (Wildman–Crippen LogP) is 1.13. The molecule has 0 aliphatic heterocycles.